The monoisotopic (exact) mass is 406 g/mol. The molecule has 1 amide bonds. The molecule has 0 aromatic heterocycles. The van der Waals surface area contributed by atoms with E-state index in [0.717, 1.165) is 0 Å². The number of anilines is 1. The van der Waals surface area contributed by atoms with Gasteiger partial charge in [0.15, 0.2) is 11.5 Å². The molecule has 0 fully saturated rings. The molecular formula is C20H26N2O5S. The van der Waals surface area contributed by atoms with Crippen LogP contribution in [-0.4, -0.2) is 45.4 Å². The summed E-state index contributed by atoms with van der Waals surface area (Å²) in [5, 5.41) is 2.75. The maximum atomic E-state index is 12.5. The molecule has 8 heteroatoms. The first-order valence-corrected chi connectivity index (χ1v) is 10.3. The normalized spacial score (nSPS) is 11.5. The molecule has 0 spiro atoms. The Morgan fingerprint density at radius 3 is 2.29 bits per heavy atom. The fourth-order valence-electron chi connectivity index (χ4n) is 2.44. The van der Waals surface area contributed by atoms with Gasteiger partial charge in [-0.05, 0) is 63.2 Å². The number of ether oxygens (including phenoxy) is 2. The van der Waals surface area contributed by atoms with E-state index in [1.54, 1.807) is 44.2 Å². The quantitative estimate of drug-likeness (QED) is 0.726. The fraction of sp³-hybridized carbons (Fsp3) is 0.350. The number of benzene rings is 2. The molecule has 0 unspecified atom stereocenters. The molecular weight excluding hydrogens is 380 g/mol. The Bertz CT molecular complexity index is 924. The van der Waals surface area contributed by atoms with Crippen LogP contribution in [0.15, 0.2) is 47.4 Å². The van der Waals surface area contributed by atoms with Crippen molar-refractivity contribution in [3.8, 4) is 11.5 Å². The number of nitrogens with one attached hydrogen (secondary N) is 1. The largest absolute Gasteiger partial charge is 0.493 e. The Labute approximate surface area is 166 Å². The summed E-state index contributed by atoms with van der Waals surface area (Å²) < 4.78 is 37.0. The molecule has 2 aromatic rings. The highest BCUT2D eigenvalue weighted by atomic mass is 32.2. The van der Waals surface area contributed by atoms with Gasteiger partial charge in [0, 0.05) is 24.3 Å². The number of methoxy groups -OCH3 is 1. The third-order valence-corrected chi connectivity index (χ3v) is 6.29. The van der Waals surface area contributed by atoms with Crippen molar-refractivity contribution in [2.75, 3.05) is 26.1 Å². The Hall–Kier alpha value is -2.58. The molecule has 0 aliphatic rings. The number of rotatable bonds is 8. The maximum Gasteiger partial charge on any atom is 0.255 e. The van der Waals surface area contributed by atoms with Crippen LogP contribution in [-0.2, 0) is 10.0 Å². The molecule has 7 nitrogen and oxygen atoms in total. The van der Waals surface area contributed by atoms with Crippen molar-refractivity contribution in [3.05, 3.63) is 48.0 Å². The van der Waals surface area contributed by atoms with E-state index in [2.05, 4.69) is 5.32 Å². The number of carbonyl (C=O) groups is 1. The number of hydrogen-bond donors (Lipinski definition) is 1. The van der Waals surface area contributed by atoms with Crippen LogP contribution in [0.5, 0.6) is 11.5 Å². The van der Waals surface area contributed by atoms with E-state index >= 15 is 0 Å². The third-order valence-electron chi connectivity index (χ3n) is 4.24. The van der Waals surface area contributed by atoms with Gasteiger partial charge in [0.2, 0.25) is 10.0 Å². The van der Waals surface area contributed by atoms with Gasteiger partial charge in [0.1, 0.15) is 0 Å². The van der Waals surface area contributed by atoms with Crippen LogP contribution in [0.25, 0.3) is 0 Å². The summed E-state index contributed by atoms with van der Waals surface area (Å²) in [5.74, 6) is 0.689. The van der Waals surface area contributed by atoms with Gasteiger partial charge >= 0.3 is 0 Å². The summed E-state index contributed by atoms with van der Waals surface area (Å²) in [4.78, 5) is 12.7. The molecule has 0 atom stereocenters. The predicted molar refractivity (Wildman–Crippen MR) is 109 cm³/mol. The van der Waals surface area contributed by atoms with E-state index in [9.17, 15) is 13.2 Å². The maximum absolute atomic E-state index is 12.5. The van der Waals surface area contributed by atoms with Crippen molar-refractivity contribution in [2.45, 2.75) is 31.7 Å². The second-order valence-corrected chi connectivity index (χ2v) is 8.39. The first-order chi connectivity index (χ1) is 13.2. The zero-order valence-corrected chi connectivity index (χ0v) is 17.5. The molecule has 0 radical (unpaired) electrons. The van der Waals surface area contributed by atoms with Crippen molar-refractivity contribution >= 4 is 21.6 Å². The van der Waals surface area contributed by atoms with Crippen LogP contribution < -0.4 is 14.8 Å². The number of hydrogen-bond acceptors (Lipinski definition) is 5. The fourth-order valence-corrected chi connectivity index (χ4v) is 3.81. The summed E-state index contributed by atoms with van der Waals surface area (Å²) in [6.07, 6.45) is 0. The zero-order chi connectivity index (χ0) is 20.9. The summed E-state index contributed by atoms with van der Waals surface area (Å²) in [7, 11) is -0.521. The van der Waals surface area contributed by atoms with Crippen molar-refractivity contribution in [3.63, 3.8) is 0 Å². The number of nitrogens with zero attached hydrogens (tertiary/aromatic N) is 1. The van der Waals surface area contributed by atoms with Crippen molar-refractivity contribution < 1.29 is 22.7 Å². The predicted octanol–water partition coefficient (Wildman–Crippen LogP) is 3.38. The molecule has 0 aliphatic carbocycles. The van der Waals surface area contributed by atoms with E-state index in [0.29, 0.717) is 29.4 Å². The summed E-state index contributed by atoms with van der Waals surface area (Å²) in [5.41, 5.74) is 0.889. The average molecular weight is 407 g/mol. The first kappa shape index (κ1) is 21.7. The SMILES string of the molecule is CCOc1ccc(C(=O)Nc2ccc(S(=O)(=O)N(C)C(C)C)cc2)cc1OC. The Morgan fingerprint density at radius 1 is 1.11 bits per heavy atom. The minimum atomic E-state index is -3.56. The van der Waals surface area contributed by atoms with Crippen LogP contribution in [0.1, 0.15) is 31.1 Å². The Morgan fingerprint density at radius 2 is 1.75 bits per heavy atom. The molecule has 1 N–H and O–H groups in total. The van der Waals surface area contributed by atoms with Gasteiger partial charge in [0.25, 0.3) is 5.91 Å². The lowest BCUT2D eigenvalue weighted by atomic mass is 10.2. The van der Waals surface area contributed by atoms with Crippen LogP contribution in [0.4, 0.5) is 5.69 Å². The van der Waals surface area contributed by atoms with Crippen molar-refractivity contribution in [2.24, 2.45) is 0 Å². The zero-order valence-electron chi connectivity index (χ0n) is 16.7. The second-order valence-electron chi connectivity index (χ2n) is 6.39. The van der Waals surface area contributed by atoms with Crippen LogP contribution >= 0.6 is 0 Å². The van der Waals surface area contributed by atoms with Gasteiger partial charge in [-0.15, -0.1) is 0 Å². The molecule has 2 rings (SSSR count). The second kappa shape index (κ2) is 9.07. The van der Waals surface area contributed by atoms with Gasteiger partial charge in [0.05, 0.1) is 18.6 Å². The molecule has 2 aromatic carbocycles. The van der Waals surface area contributed by atoms with Gasteiger partial charge in [-0.1, -0.05) is 0 Å². The highest BCUT2D eigenvalue weighted by Crippen LogP contribution is 2.28. The van der Waals surface area contributed by atoms with E-state index in [1.807, 2.05) is 6.92 Å². The van der Waals surface area contributed by atoms with Gasteiger partial charge in [-0.25, -0.2) is 8.42 Å². The summed E-state index contributed by atoms with van der Waals surface area (Å²) >= 11 is 0. The Balaban J connectivity index is 2.17. The van der Waals surface area contributed by atoms with Crippen molar-refractivity contribution in [1.82, 2.24) is 4.31 Å². The minimum Gasteiger partial charge on any atom is -0.493 e. The van der Waals surface area contributed by atoms with Crippen LogP contribution in [0.3, 0.4) is 0 Å². The van der Waals surface area contributed by atoms with Crippen LogP contribution in [0, 0.1) is 0 Å². The van der Waals surface area contributed by atoms with Gasteiger partial charge in [-0.2, -0.15) is 4.31 Å². The molecule has 0 aliphatic heterocycles. The lowest BCUT2D eigenvalue weighted by Gasteiger charge is -2.21. The number of sulfonamides is 1. The van der Waals surface area contributed by atoms with E-state index in [1.165, 1.54) is 30.6 Å². The average Bonchev–Trinajstić information content (AvgIpc) is 2.68. The number of amides is 1. The highest BCUT2D eigenvalue weighted by molar-refractivity contribution is 7.89. The first-order valence-electron chi connectivity index (χ1n) is 8.91. The molecule has 0 bridgehead atoms. The standard InChI is InChI=1S/C20H26N2O5S/c1-6-27-18-12-7-15(13-19(18)26-5)20(23)21-16-8-10-17(11-9-16)28(24,25)22(4)14(2)3/h7-14H,6H2,1-5H3,(H,21,23). The van der Waals surface area contributed by atoms with E-state index in [-0.39, 0.29) is 16.8 Å². The number of carbonyl (C=O) groups excluding carboxylic acids is 1. The summed E-state index contributed by atoms with van der Waals surface area (Å²) in [6.45, 7) is 5.96. The molecule has 28 heavy (non-hydrogen) atoms. The van der Waals surface area contributed by atoms with Crippen molar-refractivity contribution in [1.29, 1.82) is 0 Å². The molecule has 0 heterocycles. The molecule has 0 saturated heterocycles. The van der Waals surface area contributed by atoms with Gasteiger partial charge in [-0.3, -0.25) is 4.79 Å². The van der Waals surface area contributed by atoms with E-state index in [4.69, 9.17) is 9.47 Å². The topological polar surface area (TPSA) is 84.9 Å². The smallest absolute Gasteiger partial charge is 0.255 e. The summed E-state index contributed by atoms with van der Waals surface area (Å²) in [6, 6.07) is 10.8. The minimum absolute atomic E-state index is 0.154. The van der Waals surface area contributed by atoms with E-state index < -0.39 is 10.0 Å². The lowest BCUT2D eigenvalue weighted by molar-refractivity contribution is 0.102. The molecule has 0 saturated carbocycles. The highest BCUT2D eigenvalue weighted by Gasteiger charge is 2.23. The lowest BCUT2D eigenvalue weighted by Crippen LogP contribution is -2.33. The third kappa shape index (κ3) is 4.82. The van der Waals surface area contributed by atoms with Gasteiger partial charge < -0.3 is 14.8 Å². The molecule has 152 valence electrons. The Kier molecular flexibility index (Phi) is 7.04. The van der Waals surface area contributed by atoms with Crippen LogP contribution in [0.2, 0.25) is 0 Å².